The molecule has 8 nitrogen and oxygen atoms in total. The molecule has 1 N–H and O–H groups in total. The molecule has 0 radical (unpaired) electrons. The van der Waals surface area contributed by atoms with Crippen molar-refractivity contribution < 1.29 is 14.2 Å². The zero-order valence-electron chi connectivity index (χ0n) is 18.4. The summed E-state index contributed by atoms with van der Waals surface area (Å²) in [4.78, 5) is 1.59. The predicted molar refractivity (Wildman–Crippen MR) is 121 cm³/mol. The Morgan fingerprint density at radius 1 is 0.969 bits per heavy atom. The Morgan fingerprint density at radius 2 is 1.81 bits per heavy atom. The minimum Gasteiger partial charge on any atom is -0.493 e. The van der Waals surface area contributed by atoms with Crippen LogP contribution in [0.15, 0.2) is 42.5 Å². The fourth-order valence-electron chi connectivity index (χ4n) is 4.30. The summed E-state index contributed by atoms with van der Waals surface area (Å²) in [6.45, 7) is 0.745. The third-order valence-corrected chi connectivity index (χ3v) is 6.01. The molecule has 3 aromatic rings. The Hall–Kier alpha value is -3.13. The lowest BCUT2D eigenvalue weighted by molar-refractivity contribution is -0.0488. The second-order valence-electron chi connectivity index (χ2n) is 8.35. The summed E-state index contributed by atoms with van der Waals surface area (Å²) in [5.41, 5.74) is 2.76. The van der Waals surface area contributed by atoms with Crippen molar-refractivity contribution in [2.45, 2.75) is 57.3 Å². The van der Waals surface area contributed by atoms with Crippen LogP contribution in [-0.4, -0.2) is 40.0 Å². The van der Waals surface area contributed by atoms with Gasteiger partial charge in [-0.05, 0) is 74.4 Å². The number of aromatic nitrogens is 4. The molecule has 1 unspecified atom stereocenters. The van der Waals surface area contributed by atoms with Crippen molar-refractivity contribution in [1.82, 2.24) is 20.2 Å². The molecular weight excluding hydrogens is 406 g/mol. The highest BCUT2D eigenvalue weighted by molar-refractivity contribution is 5.68. The molecule has 0 amide bonds. The van der Waals surface area contributed by atoms with Crippen molar-refractivity contribution in [3.05, 3.63) is 42.5 Å². The largest absolute Gasteiger partial charge is 0.493 e. The number of methoxy groups -OCH3 is 1. The number of nitrogens with one attached hydrogen (secondary N) is 1. The molecule has 2 aliphatic rings. The lowest BCUT2D eigenvalue weighted by Crippen LogP contribution is -2.20. The first kappa shape index (κ1) is 20.8. The first-order valence-electron chi connectivity index (χ1n) is 11.4. The Labute approximate surface area is 187 Å². The van der Waals surface area contributed by atoms with Gasteiger partial charge >= 0.3 is 0 Å². The van der Waals surface area contributed by atoms with Crippen molar-refractivity contribution in [1.29, 1.82) is 0 Å². The van der Waals surface area contributed by atoms with Crippen molar-refractivity contribution in [3.63, 3.8) is 0 Å². The third-order valence-electron chi connectivity index (χ3n) is 6.01. The van der Waals surface area contributed by atoms with E-state index >= 15 is 0 Å². The standard InChI is InChI=1S/C24H29N5O3/c1-30-21-13-12-19(16-22(21)32-20-9-2-3-10-20)25-18-8-6-7-17(15-18)24-26-28-29(27-24)23-11-4-5-14-31-23/h6-8,12-13,15-16,20,23,25H,2-5,9-11,14H2,1H3. The molecule has 5 rings (SSSR count). The van der Waals surface area contributed by atoms with Gasteiger partial charge in [0, 0.05) is 29.6 Å². The van der Waals surface area contributed by atoms with Crippen LogP contribution in [0.25, 0.3) is 11.4 Å². The molecule has 1 aliphatic carbocycles. The molecular formula is C24H29N5O3. The van der Waals surface area contributed by atoms with Crippen molar-refractivity contribution >= 4 is 11.4 Å². The maximum Gasteiger partial charge on any atom is 0.205 e. The summed E-state index contributed by atoms with van der Waals surface area (Å²) in [5, 5.41) is 16.5. The maximum atomic E-state index is 6.22. The Bertz CT molecular complexity index is 1040. The quantitative estimate of drug-likeness (QED) is 0.552. The topological polar surface area (TPSA) is 83.3 Å². The first-order valence-corrected chi connectivity index (χ1v) is 11.4. The van der Waals surface area contributed by atoms with Crippen molar-refractivity contribution in [2.24, 2.45) is 0 Å². The number of hydrogen-bond acceptors (Lipinski definition) is 7. The van der Waals surface area contributed by atoms with Gasteiger partial charge in [0.1, 0.15) is 0 Å². The summed E-state index contributed by atoms with van der Waals surface area (Å²) in [7, 11) is 1.67. The highest BCUT2D eigenvalue weighted by Crippen LogP contribution is 2.35. The molecule has 1 atom stereocenters. The van der Waals surface area contributed by atoms with Gasteiger partial charge in [-0.3, -0.25) is 0 Å². The van der Waals surface area contributed by atoms with Crippen LogP contribution >= 0.6 is 0 Å². The van der Waals surface area contributed by atoms with Crippen LogP contribution in [0, 0.1) is 0 Å². The van der Waals surface area contributed by atoms with E-state index in [0.717, 1.165) is 67.1 Å². The van der Waals surface area contributed by atoms with Gasteiger partial charge in [-0.15, -0.1) is 15.0 Å². The van der Waals surface area contributed by atoms with Crippen LogP contribution in [0.5, 0.6) is 11.5 Å². The van der Waals surface area contributed by atoms with E-state index in [2.05, 4.69) is 20.7 Å². The van der Waals surface area contributed by atoms with Gasteiger partial charge in [0.05, 0.1) is 13.2 Å². The summed E-state index contributed by atoms with van der Waals surface area (Å²) in [6, 6.07) is 13.9. The second kappa shape index (κ2) is 9.56. The van der Waals surface area contributed by atoms with Gasteiger partial charge in [-0.2, -0.15) is 0 Å². The molecule has 1 aliphatic heterocycles. The molecule has 168 valence electrons. The number of hydrogen-bond donors (Lipinski definition) is 1. The molecule has 2 fully saturated rings. The summed E-state index contributed by atoms with van der Waals surface area (Å²) in [6.07, 6.45) is 7.92. The Balaban J connectivity index is 1.32. The van der Waals surface area contributed by atoms with Gasteiger partial charge in [0.25, 0.3) is 0 Å². The molecule has 1 saturated carbocycles. The van der Waals surface area contributed by atoms with Crippen molar-refractivity contribution in [3.8, 4) is 22.9 Å². The van der Waals surface area contributed by atoms with Crippen LogP contribution in [0.2, 0.25) is 0 Å². The van der Waals surface area contributed by atoms with E-state index in [1.54, 1.807) is 11.9 Å². The number of benzene rings is 2. The van der Waals surface area contributed by atoms with Crippen LogP contribution in [0.4, 0.5) is 11.4 Å². The average molecular weight is 436 g/mol. The van der Waals surface area contributed by atoms with E-state index < -0.39 is 0 Å². The van der Waals surface area contributed by atoms with Gasteiger partial charge in [-0.1, -0.05) is 12.1 Å². The van der Waals surface area contributed by atoms with Crippen LogP contribution < -0.4 is 14.8 Å². The zero-order valence-corrected chi connectivity index (χ0v) is 18.4. The summed E-state index contributed by atoms with van der Waals surface area (Å²) in [5.74, 6) is 2.11. The minimum atomic E-state index is -0.121. The van der Waals surface area contributed by atoms with E-state index in [4.69, 9.17) is 14.2 Å². The fourth-order valence-corrected chi connectivity index (χ4v) is 4.30. The van der Waals surface area contributed by atoms with E-state index in [0.29, 0.717) is 5.82 Å². The molecule has 32 heavy (non-hydrogen) atoms. The molecule has 2 heterocycles. The first-order chi connectivity index (χ1) is 15.8. The lowest BCUT2D eigenvalue weighted by atomic mass is 10.2. The fraction of sp³-hybridized carbons (Fsp3) is 0.458. The Morgan fingerprint density at radius 3 is 2.62 bits per heavy atom. The van der Waals surface area contributed by atoms with E-state index in [9.17, 15) is 0 Å². The summed E-state index contributed by atoms with van der Waals surface area (Å²) >= 11 is 0. The highest BCUT2D eigenvalue weighted by atomic mass is 16.5. The molecule has 0 spiro atoms. The second-order valence-corrected chi connectivity index (χ2v) is 8.35. The van der Waals surface area contributed by atoms with E-state index in [1.165, 1.54) is 12.8 Å². The van der Waals surface area contributed by atoms with Gasteiger partial charge < -0.3 is 19.5 Å². The molecule has 8 heteroatoms. The third kappa shape index (κ3) is 4.70. The predicted octanol–water partition coefficient (Wildman–Crippen LogP) is 5.11. The highest BCUT2D eigenvalue weighted by Gasteiger charge is 2.20. The maximum absolute atomic E-state index is 6.22. The molecule has 1 aromatic heterocycles. The van der Waals surface area contributed by atoms with Crippen LogP contribution in [0.1, 0.15) is 51.2 Å². The monoisotopic (exact) mass is 435 g/mol. The zero-order chi connectivity index (χ0) is 21.8. The van der Waals surface area contributed by atoms with Gasteiger partial charge in [-0.25, -0.2) is 0 Å². The number of tetrazole rings is 1. The SMILES string of the molecule is COc1ccc(Nc2cccc(-c3nnn(C4CCCCO4)n3)c2)cc1OC1CCCC1. The lowest BCUT2D eigenvalue weighted by Gasteiger charge is -2.20. The normalized spacial score (nSPS) is 19.1. The average Bonchev–Trinajstić information content (AvgIpc) is 3.53. The smallest absolute Gasteiger partial charge is 0.205 e. The number of anilines is 2. The summed E-state index contributed by atoms with van der Waals surface area (Å²) < 4.78 is 17.5. The number of ether oxygens (including phenoxy) is 3. The van der Waals surface area contributed by atoms with Crippen LogP contribution in [-0.2, 0) is 4.74 Å². The minimum absolute atomic E-state index is 0.121. The van der Waals surface area contributed by atoms with Gasteiger partial charge in [0.15, 0.2) is 17.7 Å². The number of rotatable bonds is 7. The van der Waals surface area contributed by atoms with Crippen molar-refractivity contribution in [2.75, 3.05) is 19.0 Å². The van der Waals surface area contributed by atoms with Gasteiger partial charge in [0.2, 0.25) is 5.82 Å². The van der Waals surface area contributed by atoms with E-state index in [1.807, 2.05) is 42.5 Å². The van der Waals surface area contributed by atoms with E-state index in [-0.39, 0.29) is 12.3 Å². The molecule has 1 saturated heterocycles. The molecule has 0 bridgehead atoms. The number of nitrogens with zero attached hydrogens (tertiary/aromatic N) is 4. The molecule has 2 aromatic carbocycles. The Kier molecular flexibility index (Phi) is 6.20. The van der Waals surface area contributed by atoms with Crippen LogP contribution in [0.3, 0.4) is 0 Å².